The zero-order valence-corrected chi connectivity index (χ0v) is 27.1. The number of carbonyl (C=O) groups excluding carboxylic acids is 2. The van der Waals surface area contributed by atoms with E-state index in [0.717, 1.165) is 16.1 Å². The monoisotopic (exact) mass is 653 g/mol. The normalized spacial score (nSPS) is 12.4. The van der Waals surface area contributed by atoms with Crippen molar-refractivity contribution in [1.82, 2.24) is 10.2 Å². The molecular weight excluding hydrogens is 621 g/mol. The summed E-state index contributed by atoms with van der Waals surface area (Å²) < 4.78 is 32.0. The molecule has 0 aliphatic rings. The van der Waals surface area contributed by atoms with Crippen LogP contribution >= 0.6 is 34.8 Å². The van der Waals surface area contributed by atoms with E-state index in [2.05, 4.69) is 5.32 Å². The lowest BCUT2D eigenvalue weighted by atomic mass is 10.0. The highest BCUT2D eigenvalue weighted by Crippen LogP contribution is 2.31. The molecule has 3 rings (SSSR count). The molecule has 0 aliphatic heterocycles. The Morgan fingerprint density at radius 3 is 2.17 bits per heavy atom. The highest BCUT2D eigenvalue weighted by molar-refractivity contribution is 7.92. The summed E-state index contributed by atoms with van der Waals surface area (Å²) in [6.07, 6.45) is 1.17. The Balaban J connectivity index is 2.11. The number of ether oxygens (including phenoxy) is 1. The fraction of sp³-hybridized carbons (Fsp3) is 0.333. The molecule has 0 unspecified atom stereocenters. The minimum atomic E-state index is -3.96. The molecule has 1 N–H and O–H groups in total. The van der Waals surface area contributed by atoms with Gasteiger partial charge >= 0.3 is 0 Å². The first-order chi connectivity index (χ1) is 19.6. The van der Waals surface area contributed by atoms with Crippen molar-refractivity contribution in [2.24, 2.45) is 0 Å². The SMILES string of the molecule is COc1ccc(N(CC(=O)N(Cc2ccc(Cl)cc2Cl)[C@@H](Cc2ccccc2)C(=O)NC(C)(C)C)S(C)(=O)=O)cc1Cl. The van der Waals surface area contributed by atoms with E-state index in [4.69, 9.17) is 39.5 Å². The maximum Gasteiger partial charge on any atom is 0.244 e. The van der Waals surface area contributed by atoms with Gasteiger partial charge in [-0.05, 0) is 62.2 Å². The van der Waals surface area contributed by atoms with Gasteiger partial charge in [-0.15, -0.1) is 0 Å². The molecule has 0 aliphatic carbocycles. The second-order valence-electron chi connectivity index (χ2n) is 10.8. The van der Waals surface area contributed by atoms with Gasteiger partial charge in [-0.25, -0.2) is 8.42 Å². The number of nitrogens with zero attached hydrogens (tertiary/aromatic N) is 2. The first-order valence-electron chi connectivity index (χ1n) is 13.0. The summed E-state index contributed by atoms with van der Waals surface area (Å²) in [7, 11) is -2.52. The van der Waals surface area contributed by atoms with Crippen molar-refractivity contribution in [1.29, 1.82) is 0 Å². The topological polar surface area (TPSA) is 96.0 Å². The van der Waals surface area contributed by atoms with Crippen molar-refractivity contribution >= 4 is 62.3 Å². The van der Waals surface area contributed by atoms with E-state index in [-0.39, 0.29) is 23.7 Å². The smallest absolute Gasteiger partial charge is 0.244 e. The van der Waals surface area contributed by atoms with Crippen molar-refractivity contribution in [3.05, 3.63) is 92.9 Å². The molecular formula is C30H34Cl3N3O5S. The van der Waals surface area contributed by atoms with E-state index < -0.39 is 40.0 Å². The summed E-state index contributed by atoms with van der Waals surface area (Å²) >= 11 is 18.9. The number of carbonyl (C=O) groups is 2. The van der Waals surface area contributed by atoms with Crippen molar-refractivity contribution in [2.45, 2.75) is 45.3 Å². The van der Waals surface area contributed by atoms with Crippen LogP contribution in [0.1, 0.15) is 31.9 Å². The quantitative estimate of drug-likeness (QED) is 0.275. The van der Waals surface area contributed by atoms with Crippen LogP contribution in [0, 0.1) is 0 Å². The molecule has 1 atom stereocenters. The average molecular weight is 655 g/mol. The number of sulfonamides is 1. The third-order valence-electron chi connectivity index (χ3n) is 6.23. The Morgan fingerprint density at radius 1 is 0.952 bits per heavy atom. The van der Waals surface area contributed by atoms with Crippen molar-refractivity contribution in [3.8, 4) is 5.75 Å². The zero-order valence-electron chi connectivity index (χ0n) is 24.0. The average Bonchev–Trinajstić information content (AvgIpc) is 2.89. The molecule has 0 fully saturated rings. The van der Waals surface area contributed by atoms with Crippen LogP contribution in [0.3, 0.4) is 0 Å². The number of nitrogens with one attached hydrogen (secondary N) is 1. The maximum absolute atomic E-state index is 14.2. The van der Waals surface area contributed by atoms with Gasteiger partial charge in [0.05, 0.1) is 24.1 Å². The van der Waals surface area contributed by atoms with Gasteiger partial charge in [0.15, 0.2) is 0 Å². The third kappa shape index (κ3) is 9.26. The van der Waals surface area contributed by atoms with E-state index in [1.165, 1.54) is 30.2 Å². The van der Waals surface area contributed by atoms with Gasteiger partial charge in [0, 0.05) is 28.5 Å². The molecule has 3 aromatic carbocycles. The largest absolute Gasteiger partial charge is 0.495 e. The molecule has 12 heteroatoms. The van der Waals surface area contributed by atoms with Crippen LogP contribution in [0.15, 0.2) is 66.7 Å². The Kier molecular flexibility index (Phi) is 11.2. The summed E-state index contributed by atoms with van der Waals surface area (Å²) in [5, 5.41) is 3.86. The Morgan fingerprint density at radius 2 is 1.62 bits per heavy atom. The molecule has 0 saturated carbocycles. The first kappa shape index (κ1) is 33.5. The van der Waals surface area contributed by atoms with Gasteiger partial charge in [0.2, 0.25) is 21.8 Å². The summed E-state index contributed by atoms with van der Waals surface area (Å²) in [5.41, 5.74) is 0.917. The first-order valence-corrected chi connectivity index (χ1v) is 16.0. The fourth-order valence-corrected chi connectivity index (χ4v) is 5.83. The van der Waals surface area contributed by atoms with E-state index in [1.807, 2.05) is 51.1 Å². The lowest BCUT2D eigenvalue weighted by molar-refractivity contribution is -0.140. The van der Waals surface area contributed by atoms with Gasteiger partial charge in [-0.2, -0.15) is 0 Å². The van der Waals surface area contributed by atoms with E-state index >= 15 is 0 Å². The molecule has 0 spiro atoms. The minimum absolute atomic E-state index is 0.0785. The van der Waals surface area contributed by atoms with Crippen LogP contribution in [0.2, 0.25) is 15.1 Å². The van der Waals surface area contributed by atoms with Gasteiger partial charge < -0.3 is 15.0 Å². The molecule has 0 radical (unpaired) electrons. The van der Waals surface area contributed by atoms with Crippen LogP contribution in [-0.2, 0) is 32.6 Å². The van der Waals surface area contributed by atoms with Gasteiger partial charge in [0.1, 0.15) is 18.3 Å². The standard InChI is InChI=1S/C30H34Cl3N3O5S/c1-30(2,3)34-29(38)26(15-20-9-7-6-8-10-20)35(18-21-11-12-22(31)16-24(21)32)28(37)19-36(42(5,39)40)23-13-14-27(41-4)25(33)17-23/h6-14,16-17,26H,15,18-19H2,1-5H3,(H,34,38)/t26-/m0/s1. The van der Waals surface area contributed by atoms with Crippen molar-refractivity contribution in [3.63, 3.8) is 0 Å². The van der Waals surface area contributed by atoms with Gasteiger partial charge in [-0.3, -0.25) is 13.9 Å². The number of halogens is 3. The van der Waals surface area contributed by atoms with Crippen LogP contribution in [0.5, 0.6) is 5.75 Å². The predicted octanol–water partition coefficient (Wildman–Crippen LogP) is 5.98. The number of benzene rings is 3. The molecule has 2 amide bonds. The molecule has 226 valence electrons. The van der Waals surface area contributed by atoms with E-state index in [1.54, 1.807) is 18.2 Å². The minimum Gasteiger partial charge on any atom is -0.495 e. The lowest BCUT2D eigenvalue weighted by Gasteiger charge is -2.35. The summed E-state index contributed by atoms with van der Waals surface area (Å²) in [6, 6.07) is 17.5. The van der Waals surface area contributed by atoms with Crippen LogP contribution in [-0.4, -0.2) is 56.6 Å². The molecule has 0 heterocycles. The maximum atomic E-state index is 14.2. The van der Waals surface area contributed by atoms with Crippen molar-refractivity contribution < 1.29 is 22.7 Å². The highest BCUT2D eigenvalue weighted by atomic mass is 35.5. The van der Waals surface area contributed by atoms with E-state index in [9.17, 15) is 18.0 Å². The second-order valence-corrected chi connectivity index (χ2v) is 13.9. The van der Waals surface area contributed by atoms with Crippen LogP contribution in [0.25, 0.3) is 0 Å². The fourth-order valence-electron chi connectivity index (χ4n) is 4.26. The molecule has 0 bridgehead atoms. The Hall–Kier alpha value is -2.98. The number of amides is 2. The number of anilines is 1. The summed E-state index contributed by atoms with van der Waals surface area (Å²) in [4.78, 5) is 29.3. The second kappa shape index (κ2) is 14.0. The Bertz CT molecular complexity index is 1530. The van der Waals surface area contributed by atoms with Gasteiger partial charge in [0.25, 0.3) is 0 Å². The number of rotatable bonds is 11. The predicted molar refractivity (Wildman–Crippen MR) is 169 cm³/mol. The summed E-state index contributed by atoms with van der Waals surface area (Å²) in [6.45, 7) is 4.84. The number of hydrogen-bond donors (Lipinski definition) is 1. The molecule has 0 saturated heterocycles. The third-order valence-corrected chi connectivity index (χ3v) is 8.25. The van der Waals surface area contributed by atoms with Crippen LogP contribution in [0.4, 0.5) is 5.69 Å². The number of methoxy groups -OCH3 is 1. The molecule has 0 aromatic heterocycles. The van der Waals surface area contributed by atoms with E-state index in [0.29, 0.717) is 21.4 Å². The van der Waals surface area contributed by atoms with Gasteiger partial charge in [-0.1, -0.05) is 71.2 Å². The molecule has 42 heavy (non-hydrogen) atoms. The van der Waals surface area contributed by atoms with Crippen LogP contribution < -0.4 is 14.4 Å². The zero-order chi connectivity index (χ0) is 31.2. The molecule has 8 nitrogen and oxygen atoms in total. The van der Waals surface area contributed by atoms with Crippen molar-refractivity contribution in [2.75, 3.05) is 24.2 Å². The molecule has 3 aromatic rings. The highest BCUT2D eigenvalue weighted by Gasteiger charge is 2.34. The lowest BCUT2D eigenvalue weighted by Crippen LogP contribution is -2.56. The Labute approximate surface area is 262 Å². The number of hydrogen-bond acceptors (Lipinski definition) is 5. The summed E-state index contributed by atoms with van der Waals surface area (Å²) in [5.74, 6) is -0.674.